The summed E-state index contributed by atoms with van der Waals surface area (Å²) in [6.45, 7) is 18.4. The topological polar surface area (TPSA) is 166 Å². The zero-order valence-corrected chi connectivity index (χ0v) is 28.7. The average Bonchev–Trinajstić information content (AvgIpc) is 2.81. The maximum absolute atomic E-state index is 12.8. The number of esters is 3. The van der Waals surface area contributed by atoms with Crippen LogP contribution >= 0.6 is 0 Å². The van der Waals surface area contributed by atoms with E-state index in [1.807, 2.05) is 14.7 Å². The first-order valence-electron chi connectivity index (χ1n) is 15.5. The van der Waals surface area contributed by atoms with Crippen molar-refractivity contribution in [1.29, 1.82) is 0 Å². The van der Waals surface area contributed by atoms with Gasteiger partial charge in [-0.1, -0.05) is 0 Å². The molecule has 14 nitrogen and oxygen atoms in total. The summed E-state index contributed by atoms with van der Waals surface area (Å²) in [6.07, 6.45) is -0.428. The van der Waals surface area contributed by atoms with Crippen molar-refractivity contribution in [2.24, 2.45) is 0 Å². The normalized spacial score (nSPS) is 18.2. The molecule has 0 aromatic heterocycles. The first kappa shape index (κ1) is 40.2. The predicted molar refractivity (Wildman–Crippen MR) is 167 cm³/mol. The molecule has 1 heterocycles. The van der Waals surface area contributed by atoms with Crippen molar-refractivity contribution in [2.45, 2.75) is 98.0 Å². The van der Waals surface area contributed by atoms with Crippen molar-refractivity contribution in [3.05, 3.63) is 0 Å². The number of aliphatic carboxylic acids is 2. The Morgan fingerprint density at radius 1 is 0.556 bits per heavy atom. The van der Waals surface area contributed by atoms with Gasteiger partial charge in [0.2, 0.25) is 0 Å². The van der Waals surface area contributed by atoms with Crippen molar-refractivity contribution in [1.82, 2.24) is 19.6 Å². The molecule has 0 aliphatic carbocycles. The third-order valence-electron chi connectivity index (χ3n) is 6.55. The fourth-order valence-corrected chi connectivity index (χ4v) is 4.73. The molecule has 0 saturated carbocycles. The van der Waals surface area contributed by atoms with Crippen molar-refractivity contribution in [3.8, 4) is 0 Å². The van der Waals surface area contributed by atoms with Crippen LogP contribution in [0.1, 0.15) is 75.2 Å². The molecule has 0 aromatic rings. The molecule has 14 heteroatoms. The van der Waals surface area contributed by atoms with Crippen molar-refractivity contribution in [3.63, 3.8) is 0 Å². The van der Waals surface area contributed by atoms with Crippen molar-refractivity contribution >= 4 is 29.8 Å². The summed E-state index contributed by atoms with van der Waals surface area (Å²) in [6, 6.07) is -1.08. The molecule has 1 rings (SSSR count). The number of carboxylic acids is 2. The fourth-order valence-electron chi connectivity index (χ4n) is 4.73. The first-order valence-corrected chi connectivity index (χ1v) is 15.5. The van der Waals surface area contributed by atoms with E-state index in [4.69, 9.17) is 14.2 Å². The molecule has 1 atom stereocenters. The Labute approximate surface area is 267 Å². The van der Waals surface area contributed by atoms with Gasteiger partial charge in [-0.25, -0.2) is 0 Å². The van der Waals surface area contributed by atoms with Crippen LogP contribution in [0.2, 0.25) is 0 Å². The Morgan fingerprint density at radius 2 is 0.844 bits per heavy atom. The summed E-state index contributed by atoms with van der Waals surface area (Å²) in [7, 11) is 0. The second-order valence-electron chi connectivity index (χ2n) is 14.4. The number of rotatable bonds is 11. The van der Waals surface area contributed by atoms with Crippen LogP contribution in [0.5, 0.6) is 0 Å². The number of ether oxygens (including phenoxy) is 3. The minimum Gasteiger partial charge on any atom is -0.481 e. The molecule has 0 spiro atoms. The second-order valence-corrected chi connectivity index (χ2v) is 14.4. The molecule has 0 radical (unpaired) electrons. The average molecular weight is 645 g/mol. The Balaban J connectivity index is 3.35. The highest BCUT2D eigenvalue weighted by atomic mass is 16.6. The largest absolute Gasteiger partial charge is 0.481 e. The molecule has 1 aliphatic heterocycles. The molecule has 0 bridgehead atoms. The van der Waals surface area contributed by atoms with Gasteiger partial charge in [-0.15, -0.1) is 0 Å². The standard InChI is InChI=1S/C31H56N4O10/c1-29(2,3)43-25(38)20-32-12-14-33(21-26(39)44-30(4,5)6)16-18-35(23(28(41)42)10-11-24(36)37)19-17-34(15-13-32)22-27(40)45-31(7,8)9/h23H,10-22H2,1-9H3,(H,36,37)(H,41,42). The number of carbonyl (C=O) groups is 5. The highest BCUT2D eigenvalue weighted by molar-refractivity contribution is 5.75. The van der Waals surface area contributed by atoms with Gasteiger partial charge in [0.1, 0.15) is 22.8 Å². The maximum atomic E-state index is 12.8. The van der Waals surface area contributed by atoms with Gasteiger partial charge in [0.05, 0.1) is 19.6 Å². The lowest BCUT2D eigenvalue weighted by Gasteiger charge is -2.36. The number of hydrogen-bond acceptors (Lipinski definition) is 12. The van der Waals surface area contributed by atoms with Gasteiger partial charge in [0.25, 0.3) is 0 Å². The minimum atomic E-state index is -1.15. The highest BCUT2D eigenvalue weighted by Crippen LogP contribution is 2.13. The molecule has 45 heavy (non-hydrogen) atoms. The summed E-state index contributed by atoms with van der Waals surface area (Å²) in [5.74, 6) is -3.53. The van der Waals surface area contributed by atoms with Gasteiger partial charge >= 0.3 is 29.8 Å². The van der Waals surface area contributed by atoms with Gasteiger partial charge in [-0.05, 0) is 68.7 Å². The first-order chi connectivity index (χ1) is 20.5. The van der Waals surface area contributed by atoms with Gasteiger partial charge in [0, 0.05) is 58.8 Å². The summed E-state index contributed by atoms with van der Waals surface area (Å²) < 4.78 is 16.6. The lowest BCUT2D eigenvalue weighted by Crippen LogP contribution is -2.52. The van der Waals surface area contributed by atoms with E-state index in [9.17, 15) is 34.2 Å². The highest BCUT2D eigenvalue weighted by Gasteiger charge is 2.30. The monoisotopic (exact) mass is 644 g/mol. The Bertz CT molecular complexity index is 954. The van der Waals surface area contributed by atoms with E-state index in [1.54, 1.807) is 67.2 Å². The predicted octanol–water partition coefficient (Wildman–Crippen LogP) is 1.55. The summed E-state index contributed by atoms with van der Waals surface area (Å²) in [5.41, 5.74) is -2.05. The molecule has 1 fully saturated rings. The van der Waals surface area contributed by atoms with Crippen molar-refractivity contribution in [2.75, 3.05) is 72.0 Å². The van der Waals surface area contributed by atoms with Crippen LogP contribution in [-0.4, -0.2) is 154 Å². The van der Waals surface area contributed by atoms with E-state index < -0.39 is 52.7 Å². The summed E-state index contributed by atoms with van der Waals surface area (Å²) in [4.78, 5) is 69.3. The lowest BCUT2D eigenvalue weighted by atomic mass is 10.1. The Morgan fingerprint density at radius 3 is 1.09 bits per heavy atom. The Kier molecular flexibility index (Phi) is 15.9. The molecule has 1 unspecified atom stereocenters. The molecule has 1 aliphatic rings. The van der Waals surface area contributed by atoms with Crippen LogP contribution in [0.3, 0.4) is 0 Å². The maximum Gasteiger partial charge on any atom is 0.320 e. The second kappa shape index (κ2) is 17.8. The molecule has 2 N–H and O–H groups in total. The Hall–Kier alpha value is -2.81. The summed E-state index contributed by atoms with van der Waals surface area (Å²) >= 11 is 0. The number of hydrogen-bond donors (Lipinski definition) is 2. The number of nitrogens with zero attached hydrogens (tertiary/aromatic N) is 4. The fraction of sp³-hybridized carbons (Fsp3) is 0.839. The lowest BCUT2D eigenvalue weighted by molar-refractivity contribution is -0.158. The summed E-state index contributed by atoms with van der Waals surface area (Å²) in [5, 5.41) is 19.3. The minimum absolute atomic E-state index is 0.000225. The van der Waals surface area contributed by atoms with Crippen LogP contribution in [0, 0.1) is 0 Å². The van der Waals surface area contributed by atoms with Crippen LogP contribution in [0.4, 0.5) is 0 Å². The van der Waals surface area contributed by atoms with Gasteiger partial charge in [-0.3, -0.25) is 43.6 Å². The molecule has 0 amide bonds. The third-order valence-corrected chi connectivity index (χ3v) is 6.55. The van der Waals surface area contributed by atoms with E-state index >= 15 is 0 Å². The van der Waals surface area contributed by atoms with Crippen LogP contribution in [0.25, 0.3) is 0 Å². The quantitative estimate of drug-likeness (QED) is 0.246. The number of carboxylic acid groups (broad SMARTS) is 2. The molecular weight excluding hydrogens is 588 g/mol. The third kappa shape index (κ3) is 19.3. The molecule has 0 aromatic carbocycles. The van der Waals surface area contributed by atoms with E-state index in [0.717, 1.165) is 0 Å². The number of carbonyl (C=O) groups excluding carboxylic acids is 3. The van der Waals surface area contributed by atoms with E-state index in [-0.39, 0.29) is 58.7 Å². The van der Waals surface area contributed by atoms with Crippen LogP contribution in [-0.2, 0) is 38.2 Å². The molecule has 260 valence electrons. The van der Waals surface area contributed by atoms with E-state index in [2.05, 4.69) is 0 Å². The SMILES string of the molecule is CC(C)(C)OC(=O)CN1CCN(CC(=O)OC(C)(C)C)CCN(C(CCC(=O)O)C(=O)O)CCN(CC(=O)OC(C)(C)C)CC1. The van der Waals surface area contributed by atoms with E-state index in [0.29, 0.717) is 26.2 Å². The zero-order chi connectivity index (χ0) is 34.6. The smallest absolute Gasteiger partial charge is 0.320 e. The van der Waals surface area contributed by atoms with Crippen molar-refractivity contribution < 1.29 is 48.4 Å². The van der Waals surface area contributed by atoms with Crippen LogP contribution in [0.15, 0.2) is 0 Å². The van der Waals surface area contributed by atoms with Crippen LogP contribution < -0.4 is 0 Å². The van der Waals surface area contributed by atoms with Gasteiger partial charge < -0.3 is 24.4 Å². The molecular formula is C31H56N4O10. The van der Waals surface area contributed by atoms with Gasteiger partial charge in [-0.2, -0.15) is 0 Å². The van der Waals surface area contributed by atoms with Gasteiger partial charge in [0.15, 0.2) is 0 Å². The zero-order valence-electron chi connectivity index (χ0n) is 28.7. The molecule has 1 saturated heterocycles. The van der Waals surface area contributed by atoms with E-state index in [1.165, 1.54) is 0 Å².